The molecule has 12 aromatic rings. The summed E-state index contributed by atoms with van der Waals surface area (Å²) < 4.78 is 63.3. The molecule has 0 unspecified atom stereocenters. The van der Waals surface area contributed by atoms with Crippen molar-refractivity contribution in [1.82, 2.24) is 29.9 Å². The van der Waals surface area contributed by atoms with Crippen molar-refractivity contribution in [2.45, 2.75) is 163 Å². The van der Waals surface area contributed by atoms with Gasteiger partial charge in [0.05, 0.1) is 18.0 Å². The van der Waals surface area contributed by atoms with E-state index in [1.54, 1.807) is 23.4 Å². The molecule has 0 saturated heterocycles. The Labute approximate surface area is 602 Å². The van der Waals surface area contributed by atoms with Gasteiger partial charge in [-0.15, -0.1) is 8.78 Å². The molecule has 2 N–H and O–H groups in total. The van der Waals surface area contributed by atoms with Gasteiger partial charge >= 0.3 is 6.29 Å². The average Bonchev–Trinajstić information content (AvgIpc) is 1.77. The molecule has 0 spiro atoms. The van der Waals surface area contributed by atoms with Crippen molar-refractivity contribution in [3.63, 3.8) is 0 Å². The molecular weight excluding hydrogens is 1290 g/mol. The van der Waals surface area contributed by atoms with E-state index < -0.39 is 6.29 Å². The van der Waals surface area contributed by atoms with Crippen molar-refractivity contribution in [3.8, 4) is 40.2 Å². The zero-order valence-electron chi connectivity index (χ0n) is 61.3. The first-order valence-corrected chi connectivity index (χ1v) is 36.6. The van der Waals surface area contributed by atoms with E-state index in [2.05, 4.69) is 204 Å². The average molecular weight is 1390 g/mol. The van der Waals surface area contributed by atoms with Gasteiger partial charge in [0.2, 0.25) is 0 Å². The van der Waals surface area contributed by atoms with E-state index in [0.717, 1.165) is 147 Å². The topological polar surface area (TPSA) is 166 Å². The lowest BCUT2D eigenvalue weighted by atomic mass is 9.88. The molecule has 0 atom stereocenters. The van der Waals surface area contributed by atoms with E-state index in [1.165, 1.54) is 69.9 Å². The number of aryl methyl sites for hydroxylation is 3. The number of halogens is 2. The van der Waals surface area contributed by atoms with Crippen LogP contribution in [0, 0.1) is 0 Å². The summed E-state index contributed by atoms with van der Waals surface area (Å²) in [6, 6.07) is 37.3. The number of anilines is 2. The number of rotatable bonds is 6. The van der Waals surface area contributed by atoms with Crippen LogP contribution in [-0.2, 0) is 19.3 Å². The van der Waals surface area contributed by atoms with Gasteiger partial charge in [-0.3, -0.25) is 29.9 Å². The van der Waals surface area contributed by atoms with Crippen LogP contribution < -0.4 is 43.8 Å². The first-order chi connectivity index (χ1) is 49.7. The highest BCUT2D eigenvalue weighted by Gasteiger charge is 2.44. The van der Waals surface area contributed by atoms with Crippen LogP contribution in [0.3, 0.4) is 0 Å². The Morgan fingerprint density at radius 3 is 1.29 bits per heavy atom. The number of benzene rings is 6. The minimum Gasteiger partial charge on any atom is -0.493 e. The molecule has 0 bridgehead atoms. The molecule has 0 amide bonds. The smallest absolute Gasteiger partial charge is 0.493 e. The third-order valence-electron chi connectivity index (χ3n) is 19.4. The molecule has 0 radical (unpaired) electrons. The third kappa shape index (κ3) is 16.1. The number of hydrogen-bond donors (Lipinski definition) is 2. The van der Waals surface area contributed by atoms with Gasteiger partial charge in [-0.2, -0.15) is 0 Å². The van der Waals surface area contributed by atoms with E-state index in [0.29, 0.717) is 48.2 Å². The molecule has 534 valence electrons. The highest BCUT2D eigenvalue weighted by Crippen LogP contribution is 2.46. The fourth-order valence-electron chi connectivity index (χ4n) is 13.5. The SMILES string of the molecule is CC(C)c1cc2ccc3c(c2cn1)CCCC3.CC(C)c1cc2ccc3c(c2cn1)NCCO3.CC(C)c1cc2ccc3c(c2cn1)OC(F)(F)O3.CC(C)c1cc2ccc3c(c2cn1)OCCC3.CC(C)c1cc2ccc3c(c2cn1)OCCN3.CC(C)c1cc2ccc3c(c2cn1)OCCO3. The number of hydrogen-bond acceptors (Lipinski definition) is 15. The lowest BCUT2D eigenvalue weighted by Crippen LogP contribution is -2.26. The van der Waals surface area contributed by atoms with Gasteiger partial charge in [-0.1, -0.05) is 132 Å². The Morgan fingerprint density at radius 2 is 0.718 bits per heavy atom. The number of alkyl halides is 2. The number of nitrogens with one attached hydrogen (secondary N) is 2. The van der Waals surface area contributed by atoms with E-state index in [9.17, 15) is 8.78 Å². The number of fused-ring (bicyclic) bond motifs is 18. The lowest BCUT2D eigenvalue weighted by molar-refractivity contribution is -0.286. The quantitative estimate of drug-likeness (QED) is 0.161. The predicted octanol–water partition coefficient (Wildman–Crippen LogP) is 21.1. The highest BCUT2D eigenvalue weighted by molar-refractivity contribution is 5.98. The van der Waals surface area contributed by atoms with Gasteiger partial charge in [-0.05, 0) is 184 Å². The van der Waals surface area contributed by atoms with Gasteiger partial charge in [0.15, 0.2) is 28.7 Å². The molecule has 103 heavy (non-hydrogen) atoms. The van der Waals surface area contributed by atoms with E-state index in [-0.39, 0.29) is 17.4 Å². The second kappa shape index (κ2) is 31.2. The minimum atomic E-state index is -3.59. The minimum absolute atomic E-state index is 0.0478. The molecule has 0 saturated carbocycles. The lowest BCUT2D eigenvalue weighted by Gasteiger charge is -2.21. The van der Waals surface area contributed by atoms with Crippen LogP contribution in [0.25, 0.3) is 64.6 Å². The monoisotopic (exact) mass is 1390 g/mol. The van der Waals surface area contributed by atoms with Gasteiger partial charge in [0.25, 0.3) is 0 Å². The van der Waals surface area contributed by atoms with Crippen molar-refractivity contribution in [2.24, 2.45) is 0 Å². The molecule has 11 heterocycles. The molecule has 6 aromatic carbocycles. The predicted molar refractivity (Wildman–Crippen MR) is 411 cm³/mol. The van der Waals surface area contributed by atoms with Gasteiger partial charge in [0, 0.05) is 117 Å². The number of aromatic nitrogens is 6. The Balaban J connectivity index is 0.000000110. The molecular formula is C86H94F2N8O7. The largest absolute Gasteiger partial charge is 0.586 e. The first kappa shape index (κ1) is 71.2. The number of pyridine rings is 6. The van der Waals surface area contributed by atoms with E-state index in [4.69, 9.17) is 23.7 Å². The number of nitrogens with zero attached hydrogens (tertiary/aromatic N) is 6. The molecule has 6 aromatic heterocycles. The van der Waals surface area contributed by atoms with Crippen LogP contribution in [0.4, 0.5) is 20.2 Å². The van der Waals surface area contributed by atoms with Crippen molar-refractivity contribution >= 4 is 76.0 Å². The standard InChI is InChI=1S/C16H19N.C15H17NO.2C14H16N2O.C14H15NO2.C13H11F2NO2/c1-11(2)16-9-13-8-7-12-5-3-4-6-14(12)15(13)10-17-16;1-10(2)14-8-12-6-5-11-4-3-7-17-15(11)13(12)9-16-14;1-9(2)12-7-10-3-4-13-14(11(10)8-16-12)15-5-6-17-13;1-9(2)13-7-10-3-4-12-14(11(10)8-16-13)17-6-5-15-12;1-9(2)12-7-10-3-4-13-14(11(10)8-15-12)17-6-5-16-13;1-7(2)10-5-8-3-4-11-12(9(8)6-16-10)18-13(14,15)17-11/h7-11H,3-6H2,1-2H3;5-6,8-10H,3-4,7H2,1-2H3;2*3-4,7-9,15H,5-6H2,1-2H3;3-4,7-9H,5-6H2,1-2H3;3-7H,1-2H3. The second-order valence-corrected chi connectivity index (χ2v) is 28.9. The van der Waals surface area contributed by atoms with Crippen molar-refractivity contribution in [3.05, 3.63) is 197 Å². The van der Waals surface area contributed by atoms with Crippen LogP contribution in [0.2, 0.25) is 0 Å². The van der Waals surface area contributed by atoms with Crippen LogP contribution in [-0.4, -0.2) is 82.3 Å². The van der Waals surface area contributed by atoms with Gasteiger partial charge < -0.3 is 43.8 Å². The normalized spacial score (nSPS) is 14.9. The van der Waals surface area contributed by atoms with Crippen LogP contribution in [0.15, 0.2) is 146 Å². The number of ether oxygens (including phenoxy) is 7. The summed E-state index contributed by atoms with van der Waals surface area (Å²) in [6.07, 6.45) is 15.2. The Kier molecular flexibility index (Phi) is 21.6. The summed E-state index contributed by atoms with van der Waals surface area (Å²) in [5, 5.41) is 20.1. The second-order valence-electron chi connectivity index (χ2n) is 28.9. The van der Waals surface area contributed by atoms with Crippen LogP contribution in [0.1, 0.15) is 189 Å². The van der Waals surface area contributed by atoms with E-state index in [1.807, 2.05) is 56.8 Å². The summed E-state index contributed by atoms with van der Waals surface area (Å²) in [7, 11) is 0. The molecule has 0 fully saturated rings. The van der Waals surface area contributed by atoms with E-state index >= 15 is 0 Å². The van der Waals surface area contributed by atoms with Gasteiger partial charge in [-0.25, -0.2) is 0 Å². The Bertz CT molecular complexity index is 4460. The third-order valence-corrected chi connectivity index (χ3v) is 19.4. The molecule has 6 aliphatic rings. The Morgan fingerprint density at radius 1 is 0.330 bits per heavy atom. The maximum Gasteiger partial charge on any atom is 0.586 e. The summed E-state index contributed by atoms with van der Waals surface area (Å²) >= 11 is 0. The molecule has 1 aliphatic carbocycles. The van der Waals surface area contributed by atoms with Crippen LogP contribution in [0.5, 0.6) is 40.2 Å². The fourth-order valence-corrected chi connectivity index (χ4v) is 13.5. The summed E-state index contributed by atoms with van der Waals surface area (Å²) in [5.41, 5.74) is 13.2. The zero-order valence-corrected chi connectivity index (χ0v) is 61.3. The fraction of sp³-hybridized carbons (Fsp3) is 0.372. The van der Waals surface area contributed by atoms with Crippen molar-refractivity contribution in [2.75, 3.05) is 56.8 Å². The maximum atomic E-state index is 13.0. The molecule has 17 heteroatoms. The van der Waals surface area contributed by atoms with Crippen LogP contribution >= 0.6 is 0 Å². The summed E-state index contributed by atoms with van der Waals surface area (Å²) in [5.74, 6) is 7.29. The van der Waals surface area contributed by atoms with Gasteiger partial charge in [0.1, 0.15) is 37.9 Å². The molecule has 5 aliphatic heterocycles. The highest BCUT2D eigenvalue weighted by atomic mass is 19.3. The van der Waals surface area contributed by atoms with Crippen molar-refractivity contribution < 1.29 is 41.9 Å². The zero-order chi connectivity index (χ0) is 72.1. The Hall–Kier alpha value is -10.2. The summed E-state index contributed by atoms with van der Waals surface area (Å²) in [6.45, 7) is 31.0. The van der Waals surface area contributed by atoms with Crippen molar-refractivity contribution in [1.29, 1.82) is 0 Å². The molecule has 18 rings (SSSR count). The molecule has 15 nitrogen and oxygen atoms in total. The maximum absolute atomic E-state index is 13.0. The summed E-state index contributed by atoms with van der Waals surface area (Å²) in [4.78, 5) is 26.9. The first-order valence-electron chi connectivity index (χ1n) is 36.6.